The molecule has 1 heterocycles. The maximum absolute atomic E-state index is 14.3. The molecule has 82 valence electrons. The first kappa shape index (κ1) is 10.4. The molecule has 1 aromatic rings. The van der Waals surface area contributed by atoms with Crippen LogP contribution in [0.2, 0.25) is 0 Å². The lowest BCUT2D eigenvalue weighted by molar-refractivity contribution is -0.185. The topological polar surface area (TPSA) is 29.3 Å². The molecule has 1 aliphatic rings. The molecule has 0 aromatic heterocycles. The Labute approximate surface area is 87.6 Å². The third kappa shape index (κ3) is 1.81. The number of nitrogen functional groups attached to an aromatic ring is 1. The predicted molar refractivity (Wildman–Crippen MR) is 55.3 cm³/mol. The van der Waals surface area contributed by atoms with Gasteiger partial charge in [0.1, 0.15) is 0 Å². The molecular formula is C11H14F2N2. The largest absolute Gasteiger partial charge is 0.399 e. The van der Waals surface area contributed by atoms with E-state index < -0.39 is 5.79 Å². The molecule has 0 bridgehead atoms. The number of nitrogens with two attached hydrogens (primary N) is 1. The molecule has 2 rings (SSSR count). The minimum atomic E-state index is -1.97. The van der Waals surface area contributed by atoms with Crippen LogP contribution in [0.4, 0.5) is 14.6 Å². The van der Waals surface area contributed by atoms with Crippen molar-refractivity contribution >= 4 is 5.69 Å². The van der Waals surface area contributed by atoms with Gasteiger partial charge in [0.25, 0.3) is 0 Å². The van der Waals surface area contributed by atoms with E-state index in [-0.39, 0.29) is 13.0 Å². The van der Waals surface area contributed by atoms with Gasteiger partial charge >= 0.3 is 0 Å². The number of benzene rings is 1. The summed E-state index contributed by atoms with van der Waals surface area (Å²) in [7, 11) is 0. The summed E-state index contributed by atoms with van der Waals surface area (Å²) in [5.41, 5.74) is 6.41. The molecule has 1 fully saturated rings. The SMILES string of the molecule is Nc1ccc(C2(F)CCCCN2F)cc1. The second kappa shape index (κ2) is 3.77. The van der Waals surface area contributed by atoms with Gasteiger partial charge in [-0.05, 0) is 25.0 Å². The average molecular weight is 212 g/mol. The van der Waals surface area contributed by atoms with Crippen LogP contribution in [0.3, 0.4) is 0 Å². The normalized spacial score (nSPS) is 27.9. The van der Waals surface area contributed by atoms with E-state index in [0.717, 1.165) is 0 Å². The fourth-order valence-corrected chi connectivity index (χ4v) is 1.93. The van der Waals surface area contributed by atoms with Crippen LogP contribution in [0.25, 0.3) is 0 Å². The first-order valence-corrected chi connectivity index (χ1v) is 5.11. The molecule has 0 spiro atoms. The third-order valence-electron chi connectivity index (χ3n) is 2.85. The number of nitrogens with zero attached hydrogens (tertiary/aromatic N) is 1. The molecule has 1 aliphatic heterocycles. The van der Waals surface area contributed by atoms with Crippen LogP contribution < -0.4 is 5.73 Å². The van der Waals surface area contributed by atoms with Crippen molar-refractivity contribution in [3.8, 4) is 0 Å². The number of piperidine rings is 1. The van der Waals surface area contributed by atoms with Crippen molar-refractivity contribution in [2.45, 2.75) is 25.1 Å². The summed E-state index contributed by atoms with van der Waals surface area (Å²) in [6.45, 7) is 0.154. The Bertz CT molecular complexity index is 339. The van der Waals surface area contributed by atoms with Crippen LogP contribution in [-0.4, -0.2) is 11.7 Å². The first-order chi connectivity index (χ1) is 7.13. The molecule has 0 saturated carbocycles. The summed E-state index contributed by atoms with van der Waals surface area (Å²) in [6.07, 6.45) is 1.62. The Kier molecular flexibility index (Phi) is 2.61. The Morgan fingerprint density at radius 1 is 1.20 bits per heavy atom. The highest BCUT2D eigenvalue weighted by Crippen LogP contribution is 2.39. The molecule has 2 N–H and O–H groups in total. The van der Waals surface area contributed by atoms with Crippen molar-refractivity contribution in [2.75, 3.05) is 12.3 Å². The van der Waals surface area contributed by atoms with Crippen molar-refractivity contribution in [2.24, 2.45) is 0 Å². The highest BCUT2D eigenvalue weighted by molar-refractivity contribution is 5.40. The molecule has 15 heavy (non-hydrogen) atoms. The fraction of sp³-hybridized carbons (Fsp3) is 0.455. The maximum atomic E-state index is 14.3. The third-order valence-corrected chi connectivity index (χ3v) is 2.85. The van der Waals surface area contributed by atoms with E-state index in [1.807, 2.05) is 0 Å². The Morgan fingerprint density at radius 3 is 2.47 bits per heavy atom. The molecule has 1 atom stereocenters. The molecule has 1 unspecified atom stereocenters. The number of anilines is 1. The van der Waals surface area contributed by atoms with Gasteiger partial charge in [0.2, 0.25) is 5.79 Å². The number of hydrogen-bond donors (Lipinski definition) is 1. The number of hydrogen-bond acceptors (Lipinski definition) is 2. The Balaban J connectivity index is 2.30. The number of alkyl halides is 1. The van der Waals surface area contributed by atoms with Crippen molar-refractivity contribution < 1.29 is 8.87 Å². The monoisotopic (exact) mass is 212 g/mol. The van der Waals surface area contributed by atoms with Gasteiger partial charge in [0.15, 0.2) is 0 Å². The fourth-order valence-electron chi connectivity index (χ4n) is 1.93. The van der Waals surface area contributed by atoms with Gasteiger partial charge in [-0.1, -0.05) is 12.1 Å². The smallest absolute Gasteiger partial charge is 0.215 e. The standard InChI is InChI=1S/C11H14F2N2/c12-11(7-1-2-8-15(11)13)9-3-5-10(14)6-4-9/h3-6H,1-2,7-8,14H2. The lowest BCUT2D eigenvalue weighted by atomic mass is 9.94. The minimum absolute atomic E-state index is 0.154. The summed E-state index contributed by atoms with van der Waals surface area (Å²) in [6, 6.07) is 6.29. The van der Waals surface area contributed by atoms with Crippen molar-refractivity contribution in [1.82, 2.24) is 5.12 Å². The van der Waals surface area contributed by atoms with Crippen LogP contribution in [-0.2, 0) is 5.79 Å². The highest BCUT2D eigenvalue weighted by Gasteiger charge is 2.41. The van der Waals surface area contributed by atoms with Crippen LogP contribution >= 0.6 is 0 Å². The Morgan fingerprint density at radius 2 is 1.87 bits per heavy atom. The molecule has 1 aromatic carbocycles. The molecular weight excluding hydrogens is 198 g/mol. The van der Waals surface area contributed by atoms with Gasteiger partial charge in [-0.25, -0.2) is 4.39 Å². The van der Waals surface area contributed by atoms with Crippen molar-refractivity contribution in [3.63, 3.8) is 0 Å². The Hall–Kier alpha value is -1.16. The zero-order valence-corrected chi connectivity index (χ0v) is 8.42. The van der Waals surface area contributed by atoms with E-state index in [1.165, 1.54) is 0 Å². The quantitative estimate of drug-likeness (QED) is 0.440. The van der Waals surface area contributed by atoms with Gasteiger partial charge in [0, 0.05) is 24.2 Å². The van der Waals surface area contributed by atoms with Crippen molar-refractivity contribution in [1.29, 1.82) is 0 Å². The second-order valence-corrected chi connectivity index (χ2v) is 3.92. The molecule has 2 nitrogen and oxygen atoms in total. The van der Waals surface area contributed by atoms with Crippen molar-refractivity contribution in [3.05, 3.63) is 29.8 Å². The zero-order valence-electron chi connectivity index (χ0n) is 8.42. The molecule has 0 radical (unpaired) electrons. The van der Waals surface area contributed by atoms with E-state index >= 15 is 0 Å². The highest BCUT2D eigenvalue weighted by atomic mass is 19.2. The van der Waals surface area contributed by atoms with Gasteiger partial charge in [-0.2, -0.15) is 0 Å². The van der Waals surface area contributed by atoms with E-state index in [1.54, 1.807) is 24.3 Å². The minimum Gasteiger partial charge on any atom is -0.399 e. The lowest BCUT2D eigenvalue weighted by Gasteiger charge is -2.35. The zero-order chi connectivity index (χ0) is 10.9. The van der Waals surface area contributed by atoms with E-state index in [9.17, 15) is 8.87 Å². The van der Waals surface area contributed by atoms with E-state index in [4.69, 9.17) is 5.73 Å². The molecule has 4 heteroatoms. The first-order valence-electron chi connectivity index (χ1n) is 5.11. The molecule has 0 aliphatic carbocycles. The predicted octanol–water partition coefficient (Wildman–Crippen LogP) is 2.76. The van der Waals surface area contributed by atoms with Crippen LogP contribution in [0.1, 0.15) is 24.8 Å². The van der Waals surface area contributed by atoms with E-state index in [2.05, 4.69) is 0 Å². The number of rotatable bonds is 1. The van der Waals surface area contributed by atoms with Gasteiger partial charge in [-0.15, -0.1) is 9.60 Å². The summed E-state index contributed by atoms with van der Waals surface area (Å²) < 4.78 is 27.8. The summed E-state index contributed by atoms with van der Waals surface area (Å²) >= 11 is 0. The van der Waals surface area contributed by atoms with E-state index in [0.29, 0.717) is 29.2 Å². The molecule has 1 saturated heterocycles. The summed E-state index contributed by atoms with van der Waals surface area (Å²) in [4.78, 5) is 0. The lowest BCUT2D eigenvalue weighted by Crippen LogP contribution is -2.40. The average Bonchev–Trinajstić information content (AvgIpc) is 2.23. The second-order valence-electron chi connectivity index (χ2n) is 3.92. The van der Waals surface area contributed by atoms with Gasteiger partial charge in [0.05, 0.1) is 0 Å². The summed E-state index contributed by atoms with van der Waals surface area (Å²) in [5.74, 6) is -1.97. The molecule has 0 amide bonds. The van der Waals surface area contributed by atoms with Crippen LogP contribution in [0.5, 0.6) is 0 Å². The van der Waals surface area contributed by atoms with Gasteiger partial charge in [-0.3, -0.25) is 0 Å². The number of halogens is 2. The maximum Gasteiger partial charge on any atom is 0.215 e. The van der Waals surface area contributed by atoms with Crippen LogP contribution in [0, 0.1) is 0 Å². The van der Waals surface area contributed by atoms with Gasteiger partial charge < -0.3 is 5.73 Å². The summed E-state index contributed by atoms with van der Waals surface area (Å²) in [5, 5.41) is 0.294. The van der Waals surface area contributed by atoms with Crippen LogP contribution in [0.15, 0.2) is 24.3 Å².